The molecule has 3 heterocycles. The number of anilines is 1. The van der Waals surface area contributed by atoms with E-state index in [-0.39, 0.29) is 23.9 Å². The van der Waals surface area contributed by atoms with Crippen molar-refractivity contribution in [2.45, 2.75) is 42.7 Å². The second kappa shape index (κ2) is 14.2. The Hall–Kier alpha value is -4.25. The SMILES string of the molecule is C=Nc1ncc(C#CC2CC2)nc1SCNC.COc1cnc(C(F)F)cc1-c1cc(N2CC3(CC3)OCC2=O)ccc1C=O. The summed E-state index contributed by atoms with van der Waals surface area (Å²) in [5.74, 6) is 8.21. The summed E-state index contributed by atoms with van der Waals surface area (Å²) in [5.41, 5.74) is 1.61. The molecule has 2 aliphatic carbocycles. The van der Waals surface area contributed by atoms with Gasteiger partial charge in [-0.1, -0.05) is 17.7 Å². The molecule has 1 aromatic carbocycles. The fourth-order valence-corrected chi connectivity index (χ4v) is 5.26. The number of ether oxygens (including phenoxy) is 2. The second-order valence-electron chi connectivity index (χ2n) is 10.7. The average Bonchev–Trinajstić information content (AvgIpc) is 4.01. The summed E-state index contributed by atoms with van der Waals surface area (Å²) in [6, 6.07) is 6.10. The third kappa shape index (κ3) is 7.89. The lowest BCUT2D eigenvalue weighted by molar-refractivity contribution is -0.130. The molecular weight excluding hydrogens is 602 g/mol. The van der Waals surface area contributed by atoms with Gasteiger partial charge < -0.3 is 19.7 Å². The van der Waals surface area contributed by atoms with Gasteiger partial charge in [-0.05, 0) is 75.2 Å². The number of amides is 1. The van der Waals surface area contributed by atoms with Crippen molar-refractivity contribution in [3.05, 3.63) is 53.6 Å². The number of rotatable bonds is 9. The molecule has 3 aliphatic rings. The van der Waals surface area contributed by atoms with Crippen molar-refractivity contribution in [3.63, 3.8) is 0 Å². The van der Waals surface area contributed by atoms with E-state index in [1.54, 1.807) is 41.1 Å². The van der Waals surface area contributed by atoms with Crippen LogP contribution in [0.5, 0.6) is 5.75 Å². The number of nitrogens with zero attached hydrogens (tertiary/aromatic N) is 5. The third-order valence-corrected chi connectivity index (χ3v) is 8.34. The monoisotopic (exact) mass is 634 g/mol. The zero-order valence-electron chi connectivity index (χ0n) is 24.9. The third-order valence-electron chi connectivity index (χ3n) is 7.36. The van der Waals surface area contributed by atoms with E-state index in [2.05, 4.69) is 43.8 Å². The Kier molecular flexibility index (Phi) is 10.2. The maximum absolute atomic E-state index is 13.2. The molecule has 0 radical (unpaired) electrons. The van der Waals surface area contributed by atoms with E-state index < -0.39 is 12.1 Å². The fraction of sp³-hybridized carbons (Fsp3) is 0.375. The molecule has 0 unspecified atom stereocenters. The van der Waals surface area contributed by atoms with E-state index in [0.29, 0.717) is 52.6 Å². The van der Waals surface area contributed by atoms with Crippen molar-refractivity contribution in [1.29, 1.82) is 0 Å². The predicted octanol–water partition coefficient (Wildman–Crippen LogP) is 5.24. The van der Waals surface area contributed by atoms with Crippen LogP contribution in [0.25, 0.3) is 11.1 Å². The van der Waals surface area contributed by atoms with Gasteiger partial charge in [0, 0.05) is 28.6 Å². The van der Waals surface area contributed by atoms with Crippen molar-refractivity contribution in [3.8, 4) is 28.7 Å². The number of hydrogen-bond acceptors (Lipinski definition) is 10. The van der Waals surface area contributed by atoms with Crippen LogP contribution in [0.15, 0.2) is 46.7 Å². The maximum atomic E-state index is 13.2. The van der Waals surface area contributed by atoms with E-state index in [9.17, 15) is 18.4 Å². The quantitative estimate of drug-likeness (QED) is 0.111. The normalized spacial score (nSPS) is 16.4. The van der Waals surface area contributed by atoms with Crippen molar-refractivity contribution < 1.29 is 27.8 Å². The standard InChI is InChI=1S/C20H18F2N2O4.C12H14N4S/c1-27-17-8-23-16(19(21)22)7-15(17)14-6-13(3-2-12(14)9-25)24-11-20(4-5-20)28-10-18(24)26;1-13-8-17-12-11(14-2)15-7-10(16-12)6-5-9-3-4-9/h2-3,6-9,19H,4-5,10-11H2,1H3;7,9,13H,2-4,8H2,1H3. The van der Waals surface area contributed by atoms with Crippen LogP contribution in [0.3, 0.4) is 0 Å². The van der Waals surface area contributed by atoms with Gasteiger partial charge in [0.2, 0.25) is 0 Å². The smallest absolute Gasteiger partial charge is 0.280 e. The van der Waals surface area contributed by atoms with E-state index in [0.717, 1.165) is 23.7 Å². The number of nitrogens with one attached hydrogen (secondary N) is 1. The van der Waals surface area contributed by atoms with E-state index in [4.69, 9.17) is 9.47 Å². The zero-order chi connectivity index (χ0) is 32.0. The molecule has 3 aromatic rings. The number of halogens is 2. The molecular formula is C32H32F2N6O4S. The first-order chi connectivity index (χ1) is 21.8. The van der Waals surface area contributed by atoms with Gasteiger partial charge in [0.25, 0.3) is 12.3 Å². The number of benzene rings is 1. The second-order valence-corrected chi connectivity index (χ2v) is 11.6. The van der Waals surface area contributed by atoms with Gasteiger partial charge in [0.1, 0.15) is 28.8 Å². The molecule has 2 aromatic heterocycles. The largest absolute Gasteiger partial charge is 0.494 e. The van der Waals surface area contributed by atoms with E-state index >= 15 is 0 Å². The molecule has 1 amide bonds. The van der Waals surface area contributed by atoms with Crippen LogP contribution in [-0.4, -0.2) is 72.6 Å². The van der Waals surface area contributed by atoms with Crippen LogP contribution in [0.4, 0.5) is 20.3 Å². The van der Waals surface area contributed by atoms with Gasteiger partial charge >= 0.3 is 0 Å². The van der Waals surface area contributed by atoms with Gasteiger partial charge in [0.05, 0.1) is 31.6 Å². The lowest BCUT2D eigenvalue weighted by atomic mass is 9.98. The first kappa shape index (κ1) is 32.2. The molecule has 1 spiro atoms. The number of carbonyl (C=O) groups is 2. The number of alkyl halides is 2. The highest BCUT2D eigenvalue weighted by Crippen LogP contribution is 2.44. The Bertz CT molecular complexity index is 1650. The molecule has 1 saturated heterocycles. The van der Waals surface area contributed by atoms with E-state index in [1.165, 1.54) is 32.2 Å². The molecule has 45 heavy (non-hydrogen) atoms. The lowest BCUT2D eigenvalue weighted by Crippen LogP contribution is -2.48. The minimum Gasteiger partial charge on any atom is -0.494 e. The number of thioether (sulfide) groups is 1. The number of hydrogen-bond donors (Lipinski definition) is 1. The first-order valence-electron chi connectivity index (χ1n) is 14.3. The van der Waals surface area contributed by atoms with Crippen LogP contribution in [-0.2, 0) is 9.53 Å². The number of aliphatic imine (C=N–C) groups is 1. The zero-order valence-corrected chi connectivity index (χ0v) is 25.7. The van der Waals surface area contributed by atoms with Gasteiger partial charge in [-0.15, -0.1) is 0 Å². The fourth-order valence-electron chi connectivity index (χ4n) is 4.57. The molecule has 6 rings (SSSR count). The minimum atomic E-state index is -2.76. The summed E-state index contributed by atoms with van der Waals surface area (Å²) in [7, 11) is 3.29. The number of aromatic nitrogens is 3. The Morgan fingerprint density at radius 1 is 1.27 bits per heavy atom. The van der Waals surface area contributed by atoms with E-state index in [1.807, 2.05) is 7.05 Å². The predicted molar refractivity (Wildman–Crippen MR) is 167 cm³/mol. The first-order valence-corrected chi connectivity index (χ1v) is 15.3. The highest BCUT2D eigenvalue weighted by molar-refractivity contribution is 7.99. The Morgan fingerprint density at radius 3 is 2.71 bits per heavy atom. The number of methoxy groups -OCH3 is 1. The number of morpholine rings is 1. The summed E-state index contributed by atoms with van der Waals surface area (Å²) in [5, 5.41) is 3.82. The number of aldehydes is 1. The summed E-state index contributed by atoms with van der Waals surface area (Å²) in [4.78, 5) is 41.8. The van der Waals surface area contributed by atoms with Crippen LogP contribution in [0.2, 0.25) is 0 Å². The molecule has 0 atom stereocenters. The molecule has 0 bridgehead atoms. The Morgan fingerprint density at radius 2 is 2.07 bits per heavy atom. The summed E-state index contributed by atoms with van der Waals surface area (Å²) < 4.78 is 37.2. The van der Waals surface area contributed by atoms with Crippen LogP contribution >= 0.6 is 11.8 Å². The minimum absolute atomic E-state index is 0.00112. The van der Waals surface area contributed by atoms with Gasteiger partial charge in [-0.2, -0.15) is 0 Å². The average molecular weight is 635 g/mol. The van der Waals surface area contributed by atoms with Crippen molar-refractivity contribution in [2.24, 2.45) is 10.9 Å². The van der Waals surface area contributed by atoms with Crippen molar-refractivity contribution in [1.82, 2.24) is 20.3 Å². The Labute approximate surface area is 264 Å². The summed E-state index contributed by atoms with van der Waals surface area (Å²) in [6.07, 6.45) is 4.97. The van der Waals surface area contributed by atoms with Crippen LogP contribution < -0.4 is 15.0 Å². The molecule has 3 fully saturated rings. The number of carbonyl (C=O) groups excluding carboxylic acids is 2. The van der Waals surface area contributed by atoms with Crippen molar-refractivity contribution >= 4 is 42.2 Å². The summed E-state index contributed by atoms with van der Waals surface area (Å²) in [6.45, 7) is 3.92. The topological polar surface area (TPSA) is 119 Å². The molecule has 10 nitrogen and oxygen atoms in total. The molecule has 1 N–H and O–H groups in total. The van der Waals surface area contributed by atoms with Crippen molar-refractivity contribution in [2.75, 3.05) is 38.1 Å². The van der Waals surface area contributed by atoms with Gasteiger partial charge in [-0.25, -0.2) is 23.7 Å². The number of pyridine rings is 1. The van der Waals surface area contributed by atoms with Crippen LogP contribution in [0, 0.1) is 17.8 Å². The lowest BCUT2D eigenvalue weighted by Gasteiger charge is -2.33. The summed E-state index contributed by atoms with van der Waals surface area (Å²) >= 11 is 1.55. The van der Waals surface area contributed by atoms with Crippen LogP contribution in [0.1, 0.15) is 53.9 Å². The molecule has 13 heteroatoms. The highest BCUT2D eigenvalue weighted by Gasteiger charge is 2.49. The van der Waals surface area contributed by atoms with Gasteiger partial charge in [0.15, 0.2) is 12.1 Å². The molecule has 1 aliphatic heterocycles. The van der Waals surface area contributed by atoms with Gasteiger partial charge in [-0.3, -0.25) is 14.6 Å². The molecule has 234 valence electrons. The highest BCUT2D eigenvalue weighted by atomic mass is 32.2. The maximum Gasteiger partial charge on any atom is 0.280 e. The molecule has 2 saturated carbocycles. The Balaban J connectivity index is 0.000000201.